The summed E-state index contributed by atoms with van der Waals surface area (Å²) in [5.41, 5.74) is 7.78. The molecule has 1 atom stereocenters. The summed E-state index contributed by atoms with van der Waals surface area (Å²) in [5.74, 6) is 0.713. The van der Waals surface area contributed by atoms with Crippen LogP contribution in [0.25, 0.3) is 10.8 Å². The second-order valence-corrected chi connectivity index (χ2v) is 5.74. The van der Waals surface area contributed by atoms with E-state index in [2.05, 4.69) is 10.3 Å². The van der Waals surface area contributed by atoms with E-state index in [4.69, 9.17) is 5.73 Å². The van der Waals surface area contributed by atoms with Gasteiger partial charge in [-0.2, -0.15) is 0 Å². The minimum Gasteiger partial charge on any atom is -0.397 e. The van der Waals surface area contributed by atoms with Gasteiger partial charge < -0.3 is 11.1 Å². The van der Waals surface area contributed by atoms with Crippen molar-refractivity contribution in [3.05, 3.63) is 30.6 Å². The molecule has 2 rings (SSSR count). The lowest BCUT2D eigenvalue weighted by Crippen LogP contribution is -2.07. The molecule has 1 aromatic carbocycles. The molecule has 2 aromatic rings. The second-order valence-electron chi connectivity index (χ2n) is 4.18. The van der Waals surface area contributed by atoms with Gasteiger partial charge in [0.15, 0.2) is 0 Å². The Morgan fingerprint density at radius 2 is 2.22 bits per heavy atom. The van der Waals surface area contributed by atoms with E-state index in [0.29, 0.717) is 5.75 Å². The van der Waals surface area contributed by atoms with Crippen LogP contribution in [0.15, 0.2) is 30.6 Å². The van der Waals surface area contributed by atoms with Gasteiger partial charge in [0.2, 0.25) is 0 Å². The Bertz CT molecular complexity index is 571. The van der Waals surface area contributed by atoms with E-state index in [0.717, 1.165) is 35.1 Å². The molecule has 1 unspecified atom stereocenters. The minimum absolute atomic E-state index is 0.713. The highest BCUT2D eigenvalue weighted by Crippen LogP contribution is 2.27. The maximum Gasteiger partial charge on any atom is 0.0630 e. The number of hydrogen-bond acceptors (Lipinski definition) is 4. The fourth-order valence-corrected chi connectivity index (χ4v) is 2.40. The van der Waals surface area contributed by atoms with Gasteiger partial charge in [0.1, 0.15) is 0 Å². The molecule has 1 heterocycles. The number of anilines is 2. The third-order valence-electron chi connectivity index (χ3n) is 2.79. The van der Waals surface area contributed by atoms with Crippen molar-refractivity contribution >= 4 is 32.9 Å². The van der Waals surface area contributed by atoms with Crippen LogP contribution in [0.5, 0.6) is 0 Å². The van der Waals surface area contributed by atoms with E-state index in [1.54, 1.807) is 18.6 Å². The number of pyridine rings is 1. The van der Waals surface area contributed by atoms with Crippen LogP contribution in [0.2, 0.25) is 0 Å². The van der Waals surface area contributed by atoms with Gasteiger partial charge >= 0.3 is 0 Å². The van der Waals surface area contributed by atoms with E-state index < -0.39 is 10.8 Å². The Hall–Kier alpha value is -1.62. The van der Waals surface area contributed by atoms with Crippen molar-refractivity contribution in [3.63, 3.8) is 0 Å². The van der Waals surface area contributed by atoms with Crippen LogP contribution in [-0.2, 0) is 10.8 Å². The maximum atomic E-state index is 10.9. The van der Waals surface area contributed by atoms with Gasteiger partial charge in [-0.15, -0.1) is 0 Å². The molecule has 4 nitrogen and oxygen atoms in total. The lowest BCUT2D eigenvalue weighted by Gasteiger charge is -2.11. The zero-order valence-corrected chi connectivity index (χ0v) is 11.2. The van der Waals surface area contributed by atoms with Crippen molar-refractivity contribution in [3.8, 4) is 0 Å². The lowest BCUT2D eigenvalue weighted by molar-refractivity contribution is 0.685. The molecule has 0 bridgehead atoms. The average Bonchev–Trinajstić information content (AvgIpc) is 2.37. The SMILES string of the molecule is CS(=O)CCCNc1ccc2cnccc2c1N. The number of nitrogens with two attached hydrogens (primary N) is 1. The summed E-state index contributed by atoms with van der Waals surface area (Å²) in [6, 6.07) is 5.87. The zero-order valence-electron chi connectivity index (χ0n) is 10.3. The fraction of sp³-hybridized carbons (Fsp3) is 0.308. The number of aromatic nitrogens is 1. The van der Waals surface area contributed by atoms with E-state index in [1.165, 1.54) is 0 Å². The molecular formula is C13H17N3OS. The Morgan fingerprint density at radius 3 is 3.00 bits per heavy atom. The molecule has 0 aliphatic rings. The molecule has 5 heteroatoms. The van der Waals surface area contributed by atoms with Crippen molar-refractivity contribution in [2.24, 2.45) is 0 Å². The highest BCUT2D eigenvalue weighted by molar-refractivity contribution is 7.84. The third kappa shape index (κ3) is 2.98. The number of benzene rings is 1. The topological polar surface area (TPSA) is 68.0 Å². The Kier molecular flexibility index (Phi) is 4.15. The highest BCUT2D eigenvalue weighted by Gasteiger charge is 2.03. The number of nitrogens with one attached hydrogen (secondary N) is 1. The Labute approximate surface area is 109 Å². The number of nitrogen functional groups attached to an aromatic ring is 1. The summed E-state index contributed by atoms with van der Waals surface area (Å²) in [5, 5.41) is 5.33. The summed E-state index contributed by atoms with van der Waals surface area (Å²) in [4.78, 5) is 4.07. The van der Waals surface area contributed by atoms with Crippen molar-refractivity contribution in [2.45, 2.75) is 6.42 Å². The van der Waals surface area contributed by atoms with Crippen molar-refractivity contribution in [2.75, 3.05) is 29.6 Å². The monoisotopic (exact) mass is 263 g/mol. The molecule has 96 valence electrons. The molecule has 0 amide bonds. The Balaban J connectivity index is 2.09. The van der Waals surface area contributed by atoms with Crippen molar-refractivity contribution in [1.29, 1.82) is 0 Å². The molecule has 1 aromatic heterocycles. The van der Waals surface area contributed by atoms with Gasteiger partial charge in [-0.05, 0) is 18.6 Å². The molecule has 18 heavy (non-hydrogen) atoms. The van der Waals surface area contributed by atoms with Gasteiger partial charge in [-0.1, -0.05) is 6.07 Å². The molecular weight excluding hydrogens is 246 g/mol. The second kappa shape index (κ2) is 5.82. The minimum atomic E-state index is -0.731. The number of hydrogen-bond donors (Lipinski definition) is 2. The molecule has 0 spiro atoms. The van der Waals surface area contributed by atoms with Crippen LogP contribution in [-0.4, -0.2) is 27.7 Å². The smallest absolute Gasteiger partial charge is 0.0630 e. The van der Waals surface area contributed by atoms with Gasteiger partial charge in [0.05, 0.1) is 11.4 Å². The first-order chi connectivity index (χ1) is 8.68. The number of rotatable bonds is 5. The summed E-state index contributed by atoms with van der Waals surface area (Å²) >= 11 is 0. The van der Waals surface area contributed by atoms with Crippen LogP contribution < -0.4 is 11.1 Å². The normalized spacial score (nSPS) is 12.5. The van der Waals surface area contributed by atoms with E-state index in [9.17, 15) is 4.21 Å². The van der Waals surface area contributed by atoms with Gasteiger partial charge in [0.25, 0.3) is 0 Å². The van der Waals surface area contributed by atoms with E-state index in [1.807, 2.05) is 18.2 Å². The highest BCUT2D eigenvalue weighted by atomic mass is 32.2. The van der Waals surface area contributed by atoms with Crippen LogP contribution in [0.3, 0.4) is 0 Å². The summed E-state index contributed by atoms with van der Waals surface area (Å²) < 4.78 is 10.9. The first-order valence-corrected chi connectivity index (χ1v) is 7.57. The maximum absolute atomic E-state index is 10.9. The fourth-order valence-electron chi connectivity index (χ4n) is 1.85. The lowest BCUT2D eigenvalue weighted by atomic mass is 10.1. The summed E-state index contributed by atoms with van der Waals surface area (Å²) in [6.07, 6.45) is 6.13. The molecule has 0 aliphatic heterocycles. The Morgan fingerprint density at radius 1 is 1.39 bits per heavy atom. The van der Waals surface area contributed by atoms with Crippen molar-refractivity contribution in [1.82, 2.24) is 4.98 Å². The number of fused-ring (bicyclic) bond motifs is 1. The predicted molar refractivity (Wildman–Crippen MR) is 78.2 cm³/mol. The number of nitrogens with zero attached hydrogens (tertiary/aromatic N) is 1. The van der Waals surface area contributed by atoms with Gasteiger partial charge in [-0.3, -0.25) is 9.19 Å². The van der Waals surface area contributed by atoms with E-state index in [-0.39, 0.29) is 0 Å². The molecule has 0 fully saturated rings. The summed E-state index contributed by atoms with van der Waals surface area (Å²) in [6.45, 7) is 0.778. The van der Waals surface area contributed by atoms with E-state index >= 15 is 0 Å². The summed E-state index contributed by atoms with van der Waals surface area (Å²) in [7, 11) is -0.731. The third-order valence-corrected chi connectivity index (χ3v) is 3.65. The standard InChI is InChI=1S/C13H17N3OS/c1-18(17)8-2-6-16-12-4-3-10-9-15-7-5-11(10)13(12)14/h3-5,7,9,16H,2,6,8,14H2,1H3. The molecule has 3 N–H and O–H groups in total. The van der Waals surface area contributed by atoms with Gasteiger partial charge in [0, 0.05) is 52.5 Å². The average molecular weight is 263 g/mol. The van der Waals surface area contributed by atoms with Crippen LogP contribution in [0, 0.1) is 0 Å². The van der Waals surface area contributed by atoms with Crippen LogP contribution >= 0.6 is 0 Å². The first-order valence-electron chi connectivity index (χ1n) is 5.84. The van der Waals surface area contributed by atoms with Crippen LogP contribution in [0.1, 0.15) is 6.42 Å². The van der Waals surface area contributed by atoms with Crippen molar-refractivity contribution < 1.29 is 4.21 Å². The molecule has 0 aliphatic carbocycles. The predicted octanol–water partition coefficient (Wildman–Crippen LogP) is 2.00. The quantitative estimate of drug-likeness (QED) is 0.639. The largest absolute Gasteiger partial charge is 0.397 e. The van der Waals surface area contributed by atoms with Gasteiger partial charge in [-0.25, -0.2) is 0 Å². The van der Waals surface area contributed by atoms with Crippen LogP contribution in [0.4, 0.5) is 11.4 Å². The first kappa shape index (κ1) is 12.8. The molecule has 0 saturated carbocycles. The molecule has 0 saturated heterocycles. The molecule has 0 radical (unpaired) electrons. The zero-order chi connectivity index (χ0) is 13.0.